The van der Waals surface area contributed by atoms with Crippen molar-refractivity contribution >= 4 is 17.7 Å². The molecule has 1 saturated carbocycles. The van der Waals surface area contributed by atoms with Crippen molar-refractivity contribution in [1.82, 2.24) is 14.9 Å². The first-order valence-electron chi connectivity index (χ1n) is 8.99. The molecule has 8 nitrogen and oxygen atoms in total. The molecule has 2 aromatic rings. The second-order valence-corrected chi connectivity index (χ2v) is 6.98. The maximum absolute atomic E-state index is 12.5. The van der Waals surface area contributed by atoms with Crippen molar-refractivity contribution in [2.24, 2.45) is 0 Å². The lowest BCUT2D eigenvalue weighted by Crippen LogP contribution is -2.35. The maximum Gasteiger partial charge on any atom is 0.257 e. The Labute approximate surface area is 151 Å². The van der Waals surface area contributed by atoms with E-state index in [4.69, 9.17) is 10.2 Å². The first-order chi connectivity index (χ1) is 12.6. The van der Waals surface area contributed by atoms with Gasteiger partial charge in [0.2, 0.25) is 5.95 Å². The number of carbonyl (C=O) groups is 1. The second-order valence-electron chi connectivity index (χ2n) is 6.98. The van der Waals surface area contributed by atoms with Gasteiger partial charge in [-0.2, -0.15) is 4.98 Å². The van der Waals surface area contributed by atoms with Crippen LogP contribution < -0.4 is 10.6 Å². The van der Waals surface area contributed by atoms with E-state index >= 15 is 0 Å². The number of furan rings is 1. The fraction of sp³-hybridized carbons (Fsp3) is 0.500. The molecular weight excluding hydrogens is 334 g/mol. The Morgan fingerprint density at radius 1 is 1.23 bits per heavy atom. The molecular formula is C18H23N5O3. The van der Waals surface area contributed by atoms with Crippen molar-refractivity contribution in [3.05, 3.63) is 35.9 Å². The Hall–Kier alpha value is -2.61. The molecule has 4 rings (SSSR count). The van der Waals surface area contributed by atoms with Gasteiger partial charge in [-0.1, -0.05) is 0 Å². The summed E-state index contributed by atoms with van der Waals surface area (Å²) in [6.45, 7) is 2.80. The van der Waals surface area contributed by atoms with Gasteiger partial charge in [0.1, 0.15) is 12.1 Å². The van der Waals surface area contributed by atoms with Gasteiger partial charge in [-0.15, -0.1) is 0 Å². The van der Waals surface area contributed by atoms with Crippen molar-refractivity contribution in [2.75, 3.05) is 36.8 Å². The van der Waals surface area contributed by atoms with Gasteiger partial charge in [0.25, 0.3) is 5.91 Å². The monoisotopic (exact) mass is 357 g/mol. The second kappa shape index (κ2) is 6.95. The third kappa shape index (κ3) is 3.37. The number of aromatic nitrogens is 2. The number of amides is 1. The molecule has 0 atom stereocenters. The normalized spacial score (nSPS) is 23.4. The molecule has 1 aliphatic carbocycles. The first-order valence-corrected chi connectivity index (χ1v) is 8.99. The minimum atomic E-state index is -0.236. The summed E-state index contributed by atoms with van der Waals surface area (Å²) in [5, 5.41) is 9.53. The molecule has 1 saturated heterocycles. The largest absolute Gasteiger partial charge is 0.472 e. The lowest BCUT2D eigenvalue weighted by atomic mass is 9.80. The zero-order valence-corrected chi connectivity index (χ0v) is 14.5. The molecule has 0 aromatic carbocycles. The van der Waals surface area contributed by atoms with Crippen LogP contribution in [-0.4, -0.2) is 58.2 Å². The molecule has 3 heterocycles. The molecule has 3 N–H and O–H groups in total. The molecule has 1 amide bonds. The number of nitrogen functional groups attached to an aromatic ring is 1. The van der Waals surface area contributed by atoms with E-state index < -0.39 is 0 Å². The van der Waals surface area contributed by atoms with Crippen LogP contribution in [0.15, 0.2) is 29.1 Å². The summed E-state index contributed by atoms with van der Waals surface area (Å²) in [7, 11) is 0. The average molecular weight is 357 g/mol. The Morgan fingerprint density at radius 2 is 2.08 bits per heavy atom. The van der Waals surface area contributed by atoms with E-state index in [1.807, 2.05) is 11.0 Å². The fourth-order valence-corrected chi connectivity index (χ4v) is 3.59. The Balaban J connectivity index is 1.46. The molecule has 26 heavy (non-hydrogen) atoms. The summed E-state index contributed by atoms with van der Waals surface area (Å²) >= 11 is 0. The third-order valence-corrected chi connectivity index (χ3v) is 5.16. The van der Waals surface area contributed by atoms with Gasteiger partial charge in [-0.05, 0) is 25.3 Å². The average Bonchev–Trinajstić information content (AvgIpc) is 3.02. The molecule has 0 spiro atoms. The lowest BCUT2D eigenvalue weighted by Gasteiger charge is -2.31. The first kappa shape index (κ1) is 16.8. The minimum Gasteiger partial charge on any atom is -0.472 e. The molecule has 0 bridgehead atoms. The van der Waals surface area contributed by atoms with Crippen LogP contribution in [0.1, 0.15) is 41.2 Å². The number of anilines is 2. The molecule has 2 aromatic heterocycles. The van der Waals surface area contributed by atoms with Crippen LogP contribution in [0.5, 0.6) is 0 Å². The van der Waals surface area contributed by atoms with Crippen molar-refractivity contribution in [3.8, 4) is 0 Å². The molecule has 138 valence electrons. The standard InChI is InChI=1S/C18H23N5O3/c19-18-20-15(13-8-14(24)9-13)10-16(21-18)22-3-1-4-23(6-5-22)17(25)12-2-7-26-11-12/h2,7,10-11,13-14,24H,1,3-6,8-9H2,(H2,19,20,21). The van der Waals surface area contributed by atoms with Crippen LogP contribution in [0, 0.1) is 0 Å². The van der Waals surface area contributed by atoms with Gasteiger partial charge in [0, 0.05) is 38.2 Å². The van der Waals surface area contributed by atoms with E-state index in [1.165, 1.54) is 12.5 Å². The van der Waals surface area contributed by atoms with E-state index in [2.05, 4.69) is 14.9 Å². The number of hydrogen-bond acceptors (Lipinski definition) is 7. The zero-order chi connectivity index (χ0) is 18.1. The van der Waals surface area contributed by atoms with Gasteiger partial charge in [-0.25, -0.2) is 4.98 Å². The van der Waals surface area contributed by atoms with E-state index in [0.717, 1.165) is 37.3 Å². The summed E-state index contributed by atoms with van der Waals surface area (Å²) in [5.74, 6) is 1.30. The highest BCUT2D eigenvalue weighted by molar-refractivity contribution is 5.93. The van der Waals surface area contributed by atoms with Crippen molar-refractivity contribution in [3.63, 3.8) is 0 Å². The van der Waals surface area contributed by atoms with E-state index in [1.54, 1.807) is 6.07 Å². The summed E-state index contributed by atoms with van der Waals surface area (Å²) in [6, 6.07) is 3.66. The Bertz CT molecular complexity index is 773. The molecule has 0 radical (unpaired) electrons. The maximum atomic E-state index is 12.5. The van der Waals surface area contributed by atoms with Crippen LogP contribution in [0.2, 0.25) is 0 Å². The highest BCUT2D eigenvalue weighted by atomic mass is 16.3. The van der Waals surface area contributed by atoms with Gasteiger partial charge < -0.3 is 25.1 Å². The number of aliphatic hydroxyl groups is 1. The number of nitrogens with two attached hydrogens (primary N) is 1. The highest BCUT2D eigenvalue weighted by Crippen LogP contribution is 2.37. The smallest absolute Gasteiger partial charge is 0.257 e. The van der Waals surface area contributed by atoms with Crippen molar-refractivity contribution in [2.45, 2.75) is 31.3 Å². The number of aliphatic hydroxyl groups excluding tert-OH is 1. The zero-order valence-electron chi connectivity index (χ0n) is 14.5. The summed E-state index contributed by atoms with van der Waals surface area (Å²) in [6.07, 6.45) is 5.06. The predicted molar refractivity (Wildman–Crippen MR) is 95.9 cm³/mol. The summed E-state index contributed by atoms with van der Waals surface area (Å²) < 4.78 is 5.01. The molecule has 0 unspecified atom stereocenters. The van der Waals surface area contributed by atoms with Gasteiger partial charge in [0.05, 0.1) is 23.6 Å². The van der Waals surface area contributed by atoms with Crippen LogP contribution in [0.25, 0.3) is 0 Å². The van der Waals surface area contributed by atoms with Crippen LogP contribution in [0.3, 0.4) is 0 Å². The number of hydrogen-bond donors (Lipinski definition) is 2. The van der Waals surface area contributed by atoms with Gasteiger partial charge >= 0.3 is 0 Å². The topological polar surface area (TPSA) is 109 Å². The van der Waals surface area contributed by atoms with E-state index in [-0.39, 0.29) is 23.9 Å². The van der Waals surface area contributed by atoms with Gasteiger partial charge in [0.15, 0.2) is 0 Å². The summed E-state index contributed by atoms with van der Waals surface area (Å²) in [5.41, 5.74) is 7.39. The highest BCUT2D eigenvalue weighted by Gasteiger charge is 2.31. The van der Waals surface area contributed by atoms with Crippen molar-refractivity contribution in [1.29, 1.82) is 0 Å². The predicted octanol–water partition coefficient (Wildman–Crippen LogP) is 1.24. The molecule has 8 heteroatoms. The van der Waals surface area contributed by atoms with Crippen LogP contribution in [-0.2, 0) is 0 Å². The molecule has 2 fully saturated rings. The Kier molecular flexibility index (Phi) is 4.50. The van der Waals surface area contributed by atoms with Gasteiger partial charge in [-0.3, -0.25) is 4.79 Å². The van der Waals surface area contributed by atoms with Crippen LogP contribution in [0.4, 0.5) is 11.8 Å². The quantitative estimate of drug-likeness (QED) is 0.851. The minimum absolute atomic E-state index is 0.00746. The third-order valence-electron chi connectivity index (χ3n) is 5.16. The molecule has 1 aliphatic heterocycles. The summed E-state index contributed by atoms with van der Waals surface area (Å²) in [4.78, 5) is 25.2. The SMILES string of the molecule is Nc1nc(C2CC(O)C2)cc(N2CCCN(C(=O)c3ccoc3)CC2)n1. The van der Waals surface area contributed by atoms with E-state index in [9.17, 15) is 9.90 Å². The fourth-order valence-electron chi connectivity index (χ4n) is 3.59. The number of nitrogens with zero attached hydrogens (tertiary/aromatic N) is 4. The number of carbonyl (C=O) groups excluding carboxylic acids is 1. The van der Waals surface area contributed by atoms with E-state index in [0.29, 0.717) is 25.2 Å². The number of rotatable bonds is 3. The Morgan fingerprint density at radius 3 is 2.81 bits per heavy atom. The van der Waals surface area contributed by atoms with Crippen molar-refractivity contribution < 1.29 is 14.3 Å². The lowest BCUT2D eigenvalue weighted by molar-refractivity contribution is 0.0732. The molecule has 2 aliphatic rings. The van der Waals surface area contributed by atoms with Crippen LogP contribution >= 0.6 is 0 Å².